The Hall–Kier alpha value is -1.86. The molecule has 0 radical (unpaired) electrons. The summed E-state index contributed by atoms with van der Waals surface area (Å²) in [7, 11) is 0. The molecule has 9 heteroatoms. The van der Waals surface area contributed by atoms with E-state index in [1.54, 1.807) is 47.4 Å². The van der Waals surface area contributed by atoms with Crippen molar-refractivity contribution in [1.82, 2.24) is 9.78 Å². The molecular formula is C17H12Cl3FN4S. The SMILES string of the molecule is Fc1cccc(Cl)c1Cn1cc(NC(=S)Nc2ccc(Cl)c(Cl)c2)cn1. The van der Waals surface area contributed by atoms with Crippen LogP contribution in [-0.4, -0.2) is 14.9 Å². The molecule has 0 bridgehead atoms. The van der Waals surface area contributed by atoms with E-state index in [0.717, 1.165) is 0 Å². The van der Waals surface area contributed by atoms with Crippen molar-refractivity contribution in [3.05, 3.63) is 75.2 Å². The van der Waals surface area contributed by atoms with Crippen LogP contribution in [0.25, 0.3) is 0 Å². The van der Waals surface area contributed by atoms with Crippen molar-refractivity contribution >= 4 is 63.5 Å². The first-order chi connectivity index (χ1) is 12.4. The number of nitrogens with zero attached hydrogens (tertiary/aromatic N) is 2. The van der Waals surface area contributed by atoms with Crippen molar-refractivity contribution in [2.45, 2.75) is 6.54 Å². The van der Waals surface area contributed by atoms with Gasteiger partial charge >= 0.3 is 0 Å². The number of thiocarbonyl (C=S) groups is 1. The van der Waals surface area contributed by atoms with E-state index in [9.17, 15) is 4.39 Å². The summed E-state index contributed by atoms with van der Waals surface area (Å²) in [6.07, 6.45) is 3.28. The van der Waals surface area contributed by atoms with Gasteiger partial charge in [0.25, 0.3) is 0 Å². The number of nitrogens with one attached hydrogen (secondary N) is 2. The van der Waals surface area contributed by atoms with E-state index in [1.165, 1.54) is 6.07 Å². The molecule has 0 saturated heterocycles. The molecule has 3 rings (SSSR count). The molecule has 0 saturated carbocycles. The van der Waals surface area contributed by atoms with E-state index >= 15 is 0 Å². The lowest BCUT2D eigenvalue weighted by molar-refractivity contribution is 0.585. The van der Waals surface area contributed by atoms with Crippen LogP contribution in [0.4, 0.5) is 15.8 Å². The Kier molecular flexibility index (Phi) is 5.98. The second kappa shape index (κ2) is 8.22. The Bertz CT molecular complexity index is 941. The maximum absolute atomic E-state index is 13.9. The normalized spacial score (nSPS) is 10.6. The Labute approximate surface area is 169 Å². The van der Waals surface area contributed by atoms with Gasteiger partial charge in [-0.2, -0.15) is 5.10 Å². The zero-order chi connectivity index (χ0) is 18.7. The third kappa shape index (κ3) is 4.65. The molecule has 26 heavy (non-hydrogen) atoms. The summed E-state index contributed by atoms with van der Waals surface area (Å²) in [6.45, 7) is 0.209. The smallest absolute Gasteiger partial charge is 0.175 e. The molecule has 0 spiro atoms. The minimum atomic E-state index is -0.376. The summed E-state index contributed by atoms with van der Waals surface area (Å²) in [4.78, 5) is 0. The highest BCUT2D eigenvalue weighted by molar-refractivity contribution is 7.80. The highest BCUT2D eigenvalue weighted by atomic mass is 35.5. The first-order valence-corrected chi connectivity index (χ1v) is 8.95. The van der Waals surface area contributed by atoms with Gasteiger partial charge in [0.15, 0.2) is 5.11 Å². The van der Waals surface area contributed by atoms with Crippen molar-refractivity contribution in [2.24, 2.45) is 0 Å². The zero-order valence-corrected chi connectivity index (χ0v) is 16.2. The summed E-state index contributed by atoms with van der Waals surface area (Å²) >= 11 is 23.2. The van der Waals surface area contributed by atoms with Gasteiger partial charge in [-0.1, -0.05) is 40.9 Å². The van der Waals surface area contributed by atoms with Crippen LogP contribution in [0.3, 0.4) is 0 Å². The van der Waals surface area contributed by atoms with Crippen molar-refractivity contribution < 1.29 is 4.39 Å². The molecular weight excluding hydrogens is 418 g/mol. The first kappa shape index (κ1) is 18.9. The fourth-order valence-electron chi connectivity index (χ4n) is 2.23. The van der Waals surface area contributed by atoms with Gasteiger partial charge in [-0.25, -0.2) is 4.39 Å². The molecule has 134 valence electrons. The maximum atomic E-state index is 13.9. The zero-order valence-electron chi connectivity index (χ0n) is 13.1. The highest BCUT2D eigenvalue weighted by Gasteiger charge is 2.09. The minimum Gasteiger partial charge on any atom is -0.332 e. The highest BCUT2D eigenvalue weighted by Crippen LogP contribution is 2.25. The van der Waals surface area contributed by atoms with Gasteiger partial charge in [0, 0.05) is 22.5 Å². The lowest BCUT2D eigenvalue weighted by Crippen LogP contribution is -2.18. The van der Waals surface area contributed by atoms with E-state index < -0.39 is 0 Å². The predicted molar refractivity (Wildman–Crippen MR) is 109 cm³/mol. The van der Waals surface area contributed by atoms with E-state index in [-0.39, 0.29) is 12.4 Å². The van der Waals surface area contributed by atoms with Crippen molar-refractivity contribution in [3.8, 4) is 0 Å². The quantitative estimate of drug-likeness (QED) is 0.511. The molecule has 0 atom stereocenters. The number of aromatic nitrogens is 2. The average molecular weight is 430 g/mol. The van der Waals surface area contributed by atoms with Gasteiger partial charge in [0.05, 0.1) is 28.5 Å². The van der Waals surface area contributed by atoms with E-state index in [0.29, 0.717) is 37.1 Å². The van der Waals surface area contributed by atoms with E-state index in [1.807, 2.05) is 0 Å². The monoisotopic (exact) mass is 428 g/mol. The van der Waals surface area contributed by atoms with Crippen molar-refractivity contribution in [3.63, 3.8) is 0 Å². The van der Waals surface area contributed by atoms with Gasteiger partial charge in [-0.05, 0) is 42.5 Å². The minimum absolute atomic E-state index is 0.209. The molecule has 1 heterocycles. The molecule has 1 aromatic heterocycles. The average Bonchev–Trinajstić information content (AvgIpc) is 3.01. The number of rotatable bonds is 4. The van der Waals surface area contributed by atoms with Crippen LogP contribution >= 0.6 is 47.0 Å². The molecule has 0 unspecified atom stereocenters. The van der Waals surface area contributed by atoms with E-state index in [4.69, 9.17) is 47.0 Å². The topological polar surface area (TPSA) is 41.9 Å². The van der Waals surface area contributed by atoms with Crippen molar-refractivity contribution in [1.29, 1.82) is 0 Å². The first-order valence-electron chi connectivity index (χ1n) is 7.41. The van der Waals surface area contributed by atoms with Crippen LogP contribution in [0.15, 0.2) is 48.8 Å². The predicted octanol–water partition coefficient (Wildman–Crippen LogP) is 5.84. The molecule has 2 aromatic carbocycles. The molecule has 0 fully saturated rings. The molecule has 0 amide bonds. The van der Waals surface area contributed by atoms with Crippen LogP contribution < -0.4 is 10.6 Å². The Morgan fingerprint density at radius 3 is 2.54 bits per heavy atom. The molecule has 4 nitrogen and oxygen atoms in total. The Balaban J connectivity index is 1.64. The van der Waals surface area contributed by atoms with Crippen molar-refractivity contribution in [2.75, 3.05) is 10.6 Å². The summed E-state index contributed by atoms with van der Waals surface area (Å²) in [5.74, 6) is -0.376. The fraction of sp³-hybridized carbons (Fsp3) is 0.0588. The van der Waals surface area contributed by atoms with Crippen LogP contribution in [0.2, 0.25) is 15.1 Å². The summed E-state index contributed by atoms with van der Waals surface area (Å²) < 4.78 is 15.4. The van der Waals surface area contributed by atoms with Gasteiger partial charge in [0.2, 0.25) is 0 Å². The molecule has 0 aliphatic carbocycles. The van der Waals surface area contributed by atoms with Gasteiger partial charge in [-0.15, -0.1) is 0 Å². The van der Waals surface area contributed by atoms with Crippen LogP contribution in [-0.2, 0) is 6.54 Å². The number of hydrogen-bond donors (Lipinski definition) is 2. The second-order valence-electron chi connectivity index (χ2n) is 5.33. The second-order valence-corrected chi connectivity index (χ2v) is 6.96. The summed E-state index contributed by atoms with van der Waals surface area (Å²) in [5.41, 5.74) is 1.72. The molecule has 2 N–H and O–H groups in total. The lowest BCUT2D eigenvalue weighted by Gasteiger charge is -2.09. The fourth-order valence-corrected chi connectivity index (χ4v) is 2.98. The largest absolute Gasteiger partial charge is 0.332 e. The molecule has 0 aliphatic heterocycles. The lowest BCUT2D eigenvalue weighted by atomic mass is 10.2. The van der Waals surface area contributed by atoms with Crippen LogP contribution in [0.1, 0.15) is 5.56 Å². The van der Waals surface area contributed by atoms with Gasteiger partial charge < -0.3 is 10.6 Å². The van der Waals surface area contributed by atoms with Crippen LogP contribution in [0.5, 0.6) is 0 Å². The molecule has 3 aromatic rings. The van der Waals surface area contributed by atoms with E-state index in [2.05, 4.69) is 15.7 Å². The standard InChI is InChI=1S/C17H12Cl3FN4S/c18-13-2-1-3-16(21)12(13)9-25-8-11(7-22-25)24-17(26)23-10-4-5-14(19)15(20)6-10/h1-8H,9H2,(H2,23,24,26). The molecule has 0 aliphatic rings. The third-order valence-corrected chi connectivity index (χ3v) is 4.75. The number of benzene rings is 2. The Morgan fingerprint density at radius 1 is 1.04 bits per heavy atom. The van der Waals surface area contributed by atoms with Gasteiger partial charge in [-0.3, -0.25) is 4.68 Å². The Morgan fingerprint density at radius 2 is 1.81 bits per heavy atom. The maximum Gasteiger partial charge on any atom is 0.175 e. The summed E-state index contributed by atoms with van der Waals surface area (Å²) in [5, 5.41) is 11.8. The van der Waals surface area contributed by atoms with Crippen LogP contribution in [0, 0.1) is 5.82 Å². The number of halogens is 4. The third-order valence-electron chi connectivity index (χ3n) is 3.45. The van der Waals surface area contributed by atoms with Gasteiger partial charge in [0.1, 0.15) is 5.82 Å². The summed E-state index contributed by atoms with van der Waals surface area (Å²) in [6, 6.07) is 9.65. The number of hydrogen-bond acceptors (Lipinski definition) is 2. The number of anilines is 2.